The molecule has 1 atom stereocenters. The van der Waals surface area contributed by atoms with Gasteiger partial charge in [-0.3, -0.25) is 4.72 Å². The normalized spacial score (nSPS) is 17.7. The van der Waals surface area contributed by atoms with E-state index in [9.17, 15) is 8.42 Å². The van der Waals surface area contributed by atoms with E-state index < -0.39 is 10.0 Å². The van der Waals surface area contributed by atoms with E-state index in [1.807, 2.05) is 24.3 Å². The topological polar surface area (TPSA) is 49.4 Å². The summed E-state index contributed by atoms with van der Waals surface area (Å²) in [6.07, 6.45) is 2.35. The lowest BCUT2D eigenvalue weighted by Gasteiger charge is -2.15. The first-order chi connectivity index (χ1) is 12.0. The van der Waals surface area contributed by atoms with Crippen LogP contribution in [0.25, 0.3) is 0 Å². The minimum atomic E-state index is -3.56. The van der Waals surface area contributed by atoms with Gasteiger partial charge in [0.05, 0.1) is 4.90 Å². The molecule has 3 rings (SSSR count). The van der Waals surface area contributed by atoms with Crippen molar-refractivity contribution in [3.8, 4) is 0 Å². The molecular weight excluding hydrogens is 436 g/mol. The van der Waals surface area contributed by atoms with Crippen LogP contribution in [0.2, 0.25) is 0 Å². The van der Waals surface area contributed by atoms with Crippen molar-refractivity contribution >= 4 is 44.0 Å². The van der Waals surface area contributed by atoms with Gasteiger partial charge < -0.3 is 4.90 Å². The molecule has 2 aromatic rings. The Morgan fingerprint density at radius 3 is 2.38 bits per heavy atom. The molecule has 4 nitrogen and oxygen atoms in total. The zero-order valence-corrected chi connectivity index (χ0v) is 17.9. The van der Waals surface area contributed by atoms with E-state index in [4.69, 9.17) is 0 Å². The summed E-state index contributed by atoms with van der Waals surface area (Å²) in [4.78, 5) is 2.75. The molecule has 0 saturated carbocycles. The van der Waals surface area contributed by atoms with Crippen LogP contribution >= 0.6 is 28.3 Å². The molecule has 0 aliphatic carbocycles. The fourth-order valence-electron chi connectivity index (χ4n) is 3.28. The number of nitrogens with one attached hydrogen (secondary N) is 1. The molecule has 0 bridgehead atoms. The van der Waals surface area contributed by atoms with Crippen LogP contribution in [0.3, 0.4) is 0 Å². The van der Waals surface area contributed by atoms with Gasteiger partial charge in [-0.25, -0.2) is 8.42 Å². The van der Waals surface area contributed by atoms with Crippen LogP contribution in [0.15, 0.2) is 57.9 Å². The molecule has 7 heteroatoms. The van der Waals surface area contributed by atoms with Gasteiger partial charge >= 0.3 is 0 Å². The van der Waals surface area contributed by atoms with Gasteiger partial charge in [-0.05, 0) is 73.8 Å². The van der Waals surface area contributed by atoms with Gasteiger partial charge in [-0.1, -0.05) is 35.0 Å². The predicted molar refractivity (Wildman–Crippen MR) is 113 cm³/mol. The van der Waals surface area contributed by atoms with E-state index in [0.29, 0.717) is 11.6 Å². The summed E-state index contributed by atoms with van der Waals surface area (Å²) >= 11 is 3.31. The fourth-order valence-corrected chi connectivity index (χ4v) is 4.60. The maximum Gasteiger partial charge on any atom is 0.261 e. The highest BCUT2D eigenvalue weighted by Gasteiger charge is 2.23. The molecule has 26 heavy (non-hydrogen) atoms. The highest BCUT2D eigenvalue weighted by atomic mass is 79.9. The van der Waals surface area contributed by atoms with Crippen molar-refractivity contribution < 1.29 is 8.42 Å². The lowest BCUT2D eigenvalue weighted by molar-refractivity contribution is 0.335. The quantitative estimate of drug-likeness (QED) is 0.670. The number of hydrogen-bond donors (Lipinski definition) is 1. The van der Waals surface area contributed by atoms with Gasteiger partial charge in [0, 0.05) is 16.7 Å². The van der Waals surface area contributed by atoms with E-state index in [1.54, 1.807) is 24.3 Å². The molecule has 0 spiro atoms. The van der Waals surface area contributed by atoms with Crippen molar-refractivity contribution in [1.82, 2.24) is 4.90 Å². The standard InChI is InChI=1S/C19H23BrN2O2S.ClH/c1-2-12-22-13-11-16(14-22)15-3-7-18(8-4-15)21-25(23,24)19-9-5-17(20)6-10-19;/h3-10,16,21H,2,11-14H2,1H3;1H. The summed E-state index contributed by atoms with van der Waals surface area (Å²) in [5.41, 5.74) is 1.88. The van der Waals surface area contributed by atoms with Crippen LogP contribution in [0.5, 0.6) is 0 Å². The SMILES string of the molecule is CCCN1CCC(c2ccc(NS(=O)(=O)c3ccc(Br)cc3)cc2)C1.Cl. The number of likely N-dealkylation sites (tertiary alicyclic amines) is 1. The number of benzene rings is 2. The zero-order chi connectivity index (χ0) is 17.9. The van der Waals surface area contributed by atoms with Crippen molar-refractivity contribution in [2.75, 3.05) is 24.4 Å². The van der Waals surface area contributed by atoms with Crippen molar-refractivity contribution in [1.29, 1.82) is 0 Å². The molecule has 142 valence electrons. The second-order valence-electron chi connectivity index (χ2n) is 6.47. The Kier molecular flexibility index (Phi) is 7.52. The average Bonchev–Trinajstić information content (AvgIpc) is 3.05. The number of sulfonamides is 1. The maximum atomic E-state index is 12.4. The number of halogens is 2. The minimum Gasteiger partial charge on any atom is -0.303 e. The van der Waals surface area contributed by atoms with Crippen LogP contribution in [0, 0.1) is 0 Å². The number of rotatable bonds is 6. The summed E-state index contributed by atoms with van der Waals surface area (Å²) < 4.78 is 28.4. The van der Waals surface area contributed by atoms with E-state index in [0.717, 1.165) is 24.1 Å². The van der Waals surface area contributed by atoms with Gasteiger partial charge in [0.25, 0.3) is 10.0 Å². The Bertz CT molecular complexity index is 810. The number of hydrogen-bond acceptors (Lipinski definition) is 3. The molecule has 1 unspecified atom stereocenters. The molecule has 0 amide bonds. The number of nitrogens with zero attached hydrogens (tertiary/aromatic N) is 1. The fraction of sp³-hybridized carbons (Fsp3) is 0.368. The Morgan fingerprint density at radius 1 is 1.12 bits per heavy atom. The molecule has 0 radical (unpaired) electrons. The molecule has 1 fully saturated rings. The van der Waals surface area contributed by atoms with E-state index in [1.165, 1.54) is 18.4 Å². The molecular formula is C19H24BrClN2O2S. The van der Waals surface area contributed by atoms with Crippen LogP contribution in [0.4, 0.5) is 5.69 Å². The van der Waals surface area contributed by atoms with Crippen LogP contribution < -0.4 is 4.72 Å². The monoisotopic (exact) mass is 458 g/mol. The smallest absolute Gasteiger partial charge is 0.261 e. The first-order valence-corrected chi connectivity index (χ1v) is 10.9. The van der Waals surface area contributed by atoms with Crippen molar-refractivity contribution in [3.05, 3.63) is 58.6 Å². The summed E-state index contributed by atoms with van der Waals surface area (Å²) in [5.74, 6) is 0.545. The second kappa shape index (κ2) is 9.22. The van der Waals surface area contributed by atoms with Crippen molar-refractivity contribution in [2.45, 2.75) is 30.6 Å². The summed E-state index contributed by atoms with van der Waals surface area (Å²) in [7, 11) is -3.56. The highest BCUT2D eigenvalue weighted by molar-refractivity contribution is 9.10. The van der Waals surface area contributed by atoms with E-state index in [-0.39, 0.29) is 17.3 Å². The van der Waals surface area contributed by atoms with Gasteiger partial charge in [-0.2, -0.15) is 0 Å². The van der Waals surface area contributed by atoms with Crippen LogP contribution in [-0.2, 0) is 10.0 Å². The van der Waals surface area contributed by atoms with E-state index >= 15 is 0 Å². The predicted octanol–water partition coefficient (Wildman–Crippen LogP) is 4.87. The van der Waals surface area contributed by atoms with Gasteiger partial charge in [0.15, 0.2) is 0 Å². The average molecular weight is 460 g/mol. The first kappa shape index (κ1) is 21.2. The van der Waals surface area contributed by atoms with Gasteiger partial charge in [0.1, 0.15) is 0 Å². The summed E-state index contributed by atoms with van der Waals surface area (Å²) in [5, 5.41) is 0. The molecule has 0 aromatic heterocycles. The minimum absolute atomic E-state index is 0. The molecule has 1 N–H and O–H groups in total. The zero-order valence-electron chi connectivity index (χ0n) is 14.7. The lowest BCUT2D eigenvalue weighted by Crippen LogP contribution is -2.20. The lowest BCUT2D eigenvalue weighted by atomic mass is 9.98. The maximum absolute atomic E-state index is 12.4. The van der Waals surface area contributed by atoms with Gasteiger partial charge in [-0.15, -0.1) is 12.4 Å². The largest absolute Gasteiger partial charge is 0.303 e. The summed E-state index contributed by atoms with van der Waals surface area (Å²) in [6, 6.07) is 14.4. The van der Waals surface area contributed by atoms with E-state index in [2.05, 4.69) is 32.5 Å². The van der Waals surface area contributed by atoms with Crippen molar-refractivity contribution in [2.24, 2.45) is 0 Å². The Balaban J connectivity index is 0.00000243. The highest BCUT2D eigenvalue weighted by Crippen LogP contribution is 2.28. The molecule has 1 aliphatic rings. The molecule has 2 aromatic carbocycles. The number of anilines is 1. The Hall–Kier alpha value is -1.08. The Labute approximate surface area is 170 Å². The first-order valence-electron chi connectivity index (χ1n) is 8.58. The third-order valence-corrected chi connectivity index (χ3v) is 6.50. The Morgan fingerprint density at radius 2 is 1.77 bits per heavy atom. The second-order valence-corrected chi connectivity index (χ2v) is 9.07. The summed E-state index contributed by atoms with van der Waals surface area (Å²) in [6.45, 7) is 5.61. The third-order valence-electron chi connectivity index (χ3n) is 4.57. The molecule has 1 aliphatic heterocycles. The van der Waals surface area contributed by atoms with Crippen LogP contribution in [-0.4, -0.2) is 33.0 Å². The van der Waals surface area contributed by atoms with Crippen LogP contribution in [0.1, 0.15) is 31.2 Å². The van der Waals surface area contributed by atoms with Crippen molar-refractivity contribution in [3.63, 3.8) is 0 Å². The van der Waals surface area contributed by atoms with Gasteiger partial charge in [0.2, 0.25) is 0 Å². The molecule has 1 heterocycles. The third kappa shape index (κ3) is 5.22. The molecule has 1 saturated heterocycles.